The summed E-state index contributed by atoms with van der Waals surface area (Å²) < 4.78 is 5.61. The SMILES string of the molecule is CC(C)NC(CN(C)C1CCOC1C)(C(=O)O)C1CC1. The molecule has 20 heavy (non-hydrogen) atoms. The molecular formula is C15H28N2O3. The summed E-state index contributed by atoms with van der Waals surface area (Å²) in [5.41, 5.74) is -0.814. The summed E-state index contributed by atoms with van der Waals surface area (Å²) >= 11 is 0. The fourth-order valence-electron chi connectivity index (χ4n) is 3.50. The molecule has 116 valence electrons. The van der Waals surface area contributed by atoms with E-state index in [1.807, 2.05) is 20.9 Å². The highest BCUT2D eigenvalue weighted by Gasteiger charge is 2.52. The Morgan fingerprint density at radius 3 is 2.50 bits per heavy atom. The van der Waals surface area contributed by atoms with Crippen LogP contribution in [0.1, 0.15) is 40.0 Å². The van der Waals surface area contributed by atoms with E-state index in [9.17, 15) is 9.90 Å². The number of carboxylic acid groups (broad SMARTS) is 1. The van der Waals surface area contributed by atoms with Crippen molar-refractivity contribution in [2.75, 3.05) is 20.2 Å². The maximum Gasteiger partial charge on any atom is 0.325 e. The Labute approximate surface area is 121 Å². The van der Waals surface area contributed by atoms with Gasteiger partial charge in [-0.15, -0.1) is 0 Å². The highest BCUT2D eigenvalue weighted by atomic mass is 16.5. The highest BCUT2D eigenvalue weighted by Crippen LogP contribution is 2.41. The van der Waals surface area contributed by atoms with Crippen LogP contribution in [-0.4, -0.2) is 59.9 Å². The molecular weight excluding hydrogens is 256 g/mol. The number of carboxylic acids is 1. The fraction of sp³-hybridized carbons (Fsp3) is 0.933. The molecule has 2 aliphatic rings. The van der Waals surface area contributed by atoms with Crippen molar-refractivity contribution in [2.24, 2.45) is 5.92 Å². The first-order valence-corrected chi connectivity index (χ1v) is 7.69. The van der Waals surface area contributed by atoms with Gasteiger partial charge >= 0.3 is 5.97 Å². The minimum absolute atomic E-state index is 0.164. The highest BCUT2D eigenvalue weighted by molar-refractivity contribution is 5.80. The van der Waals surface area contributed by atoms with Gasteiger partial charge in [-0.05, 0) is 53.0 Å². The summed E-state index contributed by atoms with van der Waals surface area (Å²) in [5, 5.41) is 13.2. The number of ether oxygens (including phenoxy) is 1. The molecule has 0 amide bonds. The van der Waals surface area contributed by atoms with Gasteiger partial charge in [0, 0.05) is 25.2 Å². The van der Waals surface area contributed by atoms with Crippen LogP contribution in [0.5, 0.6) is 0 Å². The van der Waals surface area contributed by atoms with Gasteiger partial charge in [0.1, 0.15) is 5.54 Å². The predicted molar refractivity (Wildman–Crippen MR) is 77.8 cm³/mol. The van der Waals surface area contributed by atoms with Crippen molar-refractivity contribution in [3.8, 4) is 0 Å². The van der Waals surface area contributed by atoms with E-state index >= 15 is 0 Å². The Morgan fingerprint density at radius 1 is 1.45 bits per heavy atom. The van der Waals surface area contributed by atoms with Crippen molar-refractivity contribution in [2.45, 2.75) is 63.8 Å². The van der Waals surface area contributed by atoms with Gasteiger partial charge in [-0.25, -0.2) is 0 Å². The van der Waals surface area contributed by atoms with Crippen molar-refractivity contribution in [1.29, 1.82) is 0 Å². The average Bonchev–Trinajstić information content (AvgIpc) is 3.10. The number of carbonyl (C=O) groups is 1. The molecule has 2 N–H and O–H groups in total. The molecule has 0 aromatic heterocycles. The van der Waals surface area contributed by atoms with Crippen LogP contribution in [0, 0.1) is 5.92 Å². The topological polar surface area (TPSA) is 61.8 Å². The molecule has 1 heterocycles. The van der Waals surface area contributed by atoms with Gasteiger partial charge in [-0.1, -0.05) is 0 Å². The molecule has 3 atom stereocenters. The maximum atomic E-state index is 11.9. The zero-order valence-corrected chi connectivity index (χ0v) is 13.1. The number of rotatable bonds is 7. The van der Waals surface area contributed by atoms with Crippen molar-refractivity contribution >= 4 is 5.97 Å². The van der Waals surface area contributed by atoms with Crippen LogP contribution in [0.2, 0.25) is 0 Å². The lowest BCUT2D eigenvalue weighted by Gasteiger charge is -2.39. The Hall–Kier alpha value is -0.650. The number of aliphatic carboxylic acids is 1. The summed E-state index contributed by atoms with van der Waals surface area (Å²) in [6, 6.07) is 0.485. The van der Waals surface area contributed by atoms with Crippen LogP contribution >= 0.6 is 0 Å². The minimum atomic E-state index is -0.814. The van der Waals surface area contributed by atoms with E-state index in [-0.39, 0.29) is 18.1 Å². The van der Waals surface area contributed by atoms with Gasteiger partial charge in [0.15, 0.2) is 0 Å². The molecule has 1 saturated heterocycles. The van der Waals surface area contributed by atoms with Gasteiger partial charge in [-0.2, -0.15) is 0 Å². The molecule has 1 aliphatic carbocycles. The monoisotopic (exact) mass is 284 g/mol. The van der Waals surface area contributed by atoms with Gasteiger partial charge in [0.25, 0.3) is 0 Å². The smallest absolute Gasteiger partial charge is 0.325 e. The summed E-state index contributed by atoms with van der Waals surface area (Å²) in [6.45, 7) is 7.42. The molecule has 2 fully saturated rings. The summed E-state index contributed by atoms with van der Waals surface area (Å²) in [5.74, 6) is -0.463. The van der Waals surface area contributed by atoms with E-state index in [2.05, 4.69) is 17.1 Å². The van der Waals surface area contributed by atoms with Gasteiger partial charge < -0.3 is 9.84 Å². The quantitative estimate of drug-likeness (QED) is 0.738. The largest absolute Gasteiger partial charge is 0.480 e. The number of nitrogens with one attached hydrogen (secondary N) is 1. The standard InChI is InChI=1S/C15H28N2O3/c1-10(2)16-15(14(18)19,12-5-6-12)9-17(4)13-7-8-20-11(13)3/h10-13,16H,5-9H2,1-4H3,(H,18,19). The van der Waals surface area contributed by atoms with Crippen LogP contribution < -0.4 is 5.32 Å². The van der Waals surface area contributed by atoms with E-state index in [0.29, 0.717) is 12.6 Å². The molecule has 0 radical (unpaired) electrons. The average molecular weight is 284 g/mol. The van der Waals surface area contributed by atoms with Crippen molar-refractivity contribution < 1.29 is 14.6 Å². The first-order valence-electron chi connectivity index (χ1n) is 7.69. The lowest BCUT2D eigenvalue weighted by Crippen LogP contribution is -2.63. The second kappa shape index (κ2) is 6.00. The van der Waals surface area contributed by atoms with Crippen molar-refractivity contribution in [3.63, 3.8) is 0 Å². The van der Waals surface area contributed by atoms with E-state index in [0.717, 1.165) is 25.9 Å². The number of nitrogens with zero attached hydrogens (tertiary/aromatic N) is 1. The molecule has 1 aliphatic heterocycles. The van der Waals surface area contributed by atoms with E-state index in [4.69, 9.17) is 4.74 Å². The lowest BCUT2D eigenvalue weighted by atomic mass is 9.90. The maximum absolute atomic E-state index is 11.9. The lowest BCUT2D eigenvalue weighted by molar-refractivity contribution is -0.147. The van der Waals surface area contributed by atoms with Gasteiger partial charge in [0.05, 0.1) is 6.10 Å². The Kier molecular flexibility index (Phi) is 4.72. The molecule has 2 rings (SSSR count). The Balaban J connectivity index is 2.12. The third-order valence-electron chi connectivity index (χ3n) is 4.60. The summed E-state index contributed by atoms with van der Waals surface area (Å²) in [7, 11) is 2.03. The first-order chi connectivity index (χ1) is 9.36. The number of likely N-dealkylation sites (N-methyl/N-ethyl adjacent to an activating group) is 1. The molecule has 5 heteroatoms. The second-order valence-electron chi connectivity index (χ2n) is 6.70. The van der Waals surface area contributed by atoms with Crippen molar-refractivity contribution in [1.82, 2.24) is 10.2 Å². The predicted octanol–water partition coefficient (Wildman–Crippen LogP) is 1.33. The molecule has 1 saturated carbocycles. The Morgan fingerprint density at radius 2 is 2.10 bits per heavy atom. The number of hydrogen-bond donors (Lipinski definition) is 2. The molecule has 0 spiro atoms. The third-order valence-corrected chi connectivity index (χ3v) is 4.60. The minimum Gasteiger partial charge on any atom is -0.480 e. The van der Waals surface area contributed by atoms with Crippen LogP contribution in [-0.2, 0) is 9.53 Å². The van der Waals surface area contributed by atoms with Gasteiger partial charge in [0.2, 0.25) is 0 Å². The zero-order valence-electron chi connectivity index (χ0n) is 13.1. The molecule has 0 bridgehead atoms. The molecule has 3 unspecified atom stereocenters. The molecule has 0 aromatic carbocycles. The zero-order chi connectivity index (χ0) is 14.9. The van der Waals surface area contributed by atoms with Crippen LogP contribution in [0.3, 0.4) is 0 Å². The molecule has 5 nitrogen and oxygen atoms in total. The van der Waals surface area contributed by atoms with E-state index < -0.39 is 11.5 Å². The van der Waals surface area contributed by atoms with Crippen LogP contribution in [0.4, 0.5) is 0 Å². The number of hydrogen-bond acceptors (Lipinski definition) is 4. The van der Waals surface area contributed by atoms with E-state index in [1.165, 1.54) is 0 Å². The normalized spacial score (nSPS) is 29.9. The third kappa shape index (κ3) is 3.15. The van der Waals surface area contributed by atoms with E-state index in [1.54, 1.807) is 0 Å². The van der Waals surface area contributed by atoms with Crippen molar-refractivity contribution in [3.05, 3.63) is 0 Å². The molecule has 0 aromatic rings. The first kappa shape index (κ1) is 15.7. The second-order valence-corrected chi connectivity index (χ2v) is 6.70. The Bertz CT molecular complexity index is 357. The fourth-order valence-corrected chi connectivity index (χ4v) is 3.50. The summed E-state index contributed by atoms with van der Waals surface area (Å²) in [6.07, 6.45) is 3.19. The van der Waals surface area contributed by atoms with Crippen LogP contribution in [0.15, 0.2) is 0 Å². The van der Waals surface area contributed by atoms with Crippen LogP contribution in [0.25, 0.3) is 0 Å². The van der Waals surface area contributed by atoms with Gasteiger partial charge in [-0.3, -0.25) is 15.0 Å². The summed E-state index contributed by atoms with van der Waals surface area (Å²) in [4.78, 5) is 14.1.